The van der Waals surface area contributed by atoms with Crippen LogP contribution in [0.1, 0.15) is 30.4 Å². The molecule has 1 saturated heterocycles. The molecule has 0 radical (unpaired) electrons. The highest BCUT2D eigenvalue weighted by Crippen LogP contribution is 2.16. The van der Waals surface area contributed by atoms with Crippen LogP contribution in [0.3, 0.4) is 0 Å². The van der Waals surface area contributed by atoms with Gasteiger partial charge in [-0.25, -0.2) is 0 Å². The summed E-state index contributed by atoms with van der Waals surface area (Å²) < 4.78 is 5.80. The van der Waals surface area contributed by atoms with E-state index in [4.69, 9.17) is 16.3 Å². The molecule has 0 spiro atoms. The average Bonchev–Trinajstić information content (AvgIpc) is 3.07. The number of likely N-dealkylation sites (tertiary alicyclic amines) is 1. The van der Waals surface area contributed by atoms with Crippen molar-refractivity contribution < 1.29 is 9.53 Å². The Kier molecular flexibility index (Phi) is 8.92. The van der Waals surface area contributed by atoms with Crippen LogP contribution in [-0.4, -0.2) is 30.4 Å². The third-order valence-corrected chi connectivity index (χ3v) is 4.78. The number of carbonyl (C=O) groups is 1. The number of carbonyl (C=O) groups excluding carboxylic acids is 1. The molecule has 1 heterocycles. The number of hydrogen-bond donors (Lipinski definition) is 1. The molecular weight excluding hydrogens is 383 g/mol. The first-order chi connectivity index (χ1) is 12.7. The molecular formula is C21H26Cl2N2O2. The zero-order valence-corrected chi connectivity index (χ0v) is 16.9. The third-order valence-electron chi connectivity index (χ3n) is 4.52. The fourth-order valence-corrected chi connectivity index (χ4v) is 3.14. The van der Waals surface area contributed by atoms with Crippen LogP contribution in [0.15, 0.2) is 48.5 Å². The van der Waals surface area contributed by atoms with Crippen molar-refractivity contribution in [1.82, 2.24) is 10.2 Å². The summed E-state index contributed by atoms with van der Waals surface area (Å²) in [7, 11) is 0. The van der Waals surface area contributed by atoms with Gasteiger partial charge in [-0.2, -0.15) is 0 Å². The van der Waals surface area contributed by atoms with Gasteiger partial charge in [0.1, 0.15) is 12.4 Å². The van der Waals surface area contributed by atoms with Gasteiger partial charge in [-0.15, -0.1) is 12.4 Å². The molecule has 146 valence electrons. The predicted octanol–water partition coefficient (Wildman–Crippen LogP) is 4.44. The minimum atomic E-state index is 0. The van der Waals surface area contributed by atoms with E-state index < -0.39 is 0 Å². The molecule has 0 atom stereocenters. The van der Waals surface area contributed by atoms with Gasteiger partial charge in [-0.05, 0) is 54.8 Å². The summed E-state index contributed by atoms with van der Waals surface area (Å²) in [5.74, 6) is 1.16. The van der Waals surface area contributed by atoms with Gasteiger partial charge in [-0.1, -0.05) is 35.9 Å². The second-order valence-corrected chi connectivity index (χ2v) is 7.01. The fraction of sp³-hybridized carbons (Fsp3) is 0.381. The van der Waals surface area contributed by atoms with Crippen molar-refractivity contribution >= 4 is 29.9 Å². The molecule has 1 N–H and O–H groups in total. The van der Waals surface area contributed by atoms with E-state index in [2.05, 4.69) is 17.4 Å². The standard InChI is InChI=1S/C21H25ClN2O2.ClH/c22-19-8-4-18(5-9-19)16-26-20-10-6-17(7-11-20)15-23-12-2-14-24-13-1-3-21(24)25;/h4-11,23H,1-3,12-16H2;1H. The summed E-state index contributed by atoms with van der Waals surface area (Å²) >= 11 is 5.88. The SMILES string of the molecule is Cl.O=C1CCCN1CCCNCc1ccc(OCc2ccc(Cl)cc2)cc1. The monoisotopic (exact) mass is 408 g/mol. The number of benzene rings is 2. The predicted molar refractivity (Wildman–Crippen MR) is 112 cm³/mol. The highest BCUT2D eigenvalue weighted by Gasteiger charge is 2.18. The van der Waals surface area contributed by atoms with E-state index in [0.717, 1.165) is 61.8 Å². The summed E-state index contributed by atoms with van der Waals surface area (Å²) in [5, 5.41) is 4.17. The van der Waals surface area contributed by atoms with Crippen LogP contribution in [-0.2, 0) is 17.9 Å². The molecule has 2 aromatic rings. The first-order valence-electron chi connectivity index (χ1n) is 9.15. The molecule has 1 amide bonds. The van der Waals surface area contributed by atoms with E-state index in [-0.39, 0.29) is 12.4 Å². The molecule has 27 heavy (non-hydrogen) atoms. The summed E-state index contributed by atoms with van der Waals surface area (Å²) in [4.78, 5) is 13.5. The number of ether oxygens (including phenoxy) is 1. The average molecular weight is 409 g/mol. The number of nitrogens with one attached hydrogen (secondary N) is 1. The second-order valence-electron chi connectivity index (χ2n) is 6.57. The van der Waals surface area contributed by atoms with Gasteiger partial charge in [0, 0.05) is 31.1 Å². The molecule has 0 unspecified atom stereocenters. The Bertz CT molecular complexity index is 705. The third kappa shape index (κ3) is 7.06. The molecule has 4 nitrogen and oxygen atoms in total. The van der Waals surface area contributed by atoms with E-state index in [9.17, 15) is 4.79 Å². The van der Waals surface area contributed by atoms with Crippen LogP contribution in [0.25, 0.3) is 0 Å². The van der Waals surface area contributed by atoms with Gasteiger partial charge in [0.15, 0.2) is 0 Å². The second kappa shape index (κ2) is 11.2. The molecule has 0 aliphatic carbocycles. The highest BCUT2D eigenvalue weighted by atomic mass is 35.5. The number of rotatable bonds is 9. The van der Waals surface area contributed by atoms with E-state index in [1.807, 2.05) is 41.3 Å². The molecule has 1 aliphatic heterocycles. The number of amides is 1. The van der Waals surface area contributed by atoms with E-state index in [0.29, 0.717) is 12.5 Å². The maximum atomic E-state index is 11.5. The largest absolute Gasteiger partial charge is 0.489 e. The van der Waals surface area contributed by atoms with Crippen LogP contribution in [0.4, 0.5) is 0 Å². The smallest absolute Gasteiger partial charge is 0.222 e. The van der Waals surface area contributed by atoms with Gasteiger partial charge in [0.2, 0.25) is 5.91 Å². The zero-order valence-electron chi connectivity index (χ0n) is 15.3. The Morgan fingerprint density at radius 1 is 1.04 bits per heavy atom. The van der Waals surface area contributed by atoms with Crippen LogP contribution in [0, 0.1) is 0 Å². The van der Waals surface area contributed by atoms with Crippen molar-refractivity contribution in [2.24, 2.45) is 0 Å². The number of nitrogens with zero attached hydrogens (tertiary/aromatic N) is 1. The molecule has 0 aromatic heterocycles. The van der Waals surface area contributed by atoms with Gasteiger partial charge in [0.25, 0.3) is 0 Å². The summed E-state index contributed by atoms with van der Waals surface area (Å²) in [5.41, 5.74) is 2.32. The maximum absolute atomic E-state index is 11.5. The first-order valence-corrected chi connectivity index (χ1v) is 9.53. The Hall–Kier alpha value is -1.75. The molecule has 2 aromatic carbocycles. The topological polar surface area (TPSA) is 41.6 Å². The number of hydrogen-bond acceptors (Lipinski definition) is 3. The Balaban J connectivity index is 0.00000261. The van der Waals surface area contributed by atoms with Crippen molar-refractivity contribution in [2.45, 2.75) is 32.4 Å². The Labute approximate surface area is 172 Å². The summed E-state index contributed by atoms with van der Waals surface area (Å²) in [6.07, 6.45) is 2.73. The van der Waals surface area contributed by atoms with Crippen LogP contribution >= 0.6 is 24.0 Å². The van der Waals surface area contributed by atoms with Crippen LogP contribution < -0.4 is 10.1 Å². The molecule has 1 fully saturated rings. The molecule has 0 saturated carbocycles. The van der Waals surface area contributed by atoms with Gasteiger partial charge in [0.05, 0.1) is 0 Å². The molecule has 1 aliphatic rings. The van der Waals surface area contributed by atoms with Crippen molar-refractivity contribution in [3.05, 3.63) is 64.7 Å². The highest BCUT2D eigenvalue weighted by molar-refractivity contribution is 6.30. The van der Waals surface area contributed by atoms with Crippen LogP contribution in [0.2, 0.25) is 5.02 Å². The van der Waals surface area contributed by atoms with E-state index in [1.165, 1.54) is 5.56 Å². The minimum absolute atomic E-state index is 0. The minimum Gasteiger partial charge on any atom is -0.489 e. The van der Waals surface area contributed by atoms with Gasteiger partial charge >= 0.3 is 0 Å². The first kappa shape index (κ1) is 21.5. The van der Waals surface area contributed by atoms with E-state index in [1.54, 1.807) is 0 Å². The van der Waals surface area contributed by atoms with Crippen molar-refractivity contribution in [3.8, 4) is 5.75 Å². The normalized spacial score (nSPS) is 13.5. The lowest BCUT2D eigenvalue weighted by Gasteiger charge is -2.15. The fourth-order valence-electron chi connectivity index (χ4n) is 3.02. The van der Waals surface area contributed by atoms with Crippen LogP contribution in [0.5, 0.6) is 5.75 Å². The van der Waals surface area contributed by atoms with Crippen molar-refractivity contribution in [2.75, 3.05) is 19.6 Å². The Morgan fingerprint density at radius 2 is 1.74 bits per heavy atom. The lowest BCUT2D eigenvalue weighted by atomic mass is 10.2. The van der Waals surface area contributed by atoms with Crippen molar-refractivity contribution in [1.29, 1.82) is 0 Å². The Morgan fingerprint density at radius 3 is 2.41 bits per heavy atom. The quantitative estimate of drug-likeness (QED) is 0.623. The zero-order chi connectivity index (χ0) is 18.2. The number of halogens is 2. The van der Waals surface area contributed by atoms with Gasteiger partial charge < -0.3 is 15.0 Å². The lowest BCUT2D eigenvalue weighted by Crippen LogP contribution is -2.28. The molecule has 3 rings (SSSR count). The maximum Gasteiger partial charge on any atom is 0.222 e. The molecule has 0 bridgehead atoms. The lowest BCUT2D eigenvalue weighted by molar-refractivity contribution is -0.127. The summed E-state index contributed by atoms with van der Waals surface area (Å²) in [6.45, 7) is 4.06. The molecule has 6 heteroatoms. The van der Waals surface area contributed by atoms with E-state index >= 15 is 0 Å². The summed E-state index contributed by atoms with van der Waals surface area (Å²) in [6, 6.07) is 15.8. The van der Waals surface area contributed by atoms with Crippen molar-refractivity contribution in [3.63, 3.8) is 0 Å². The van der Waals surface area contributed by atoms with Gasteiger partial charge in [-0.3, -0.25) is 4.79 Å².